The lowest BCUT2D eigenvalue weighted by Gasteiger charge is -2.11. The fraction of sp³-hybridized carbons (Fsp3) is 0.235. The van der Waals surface area contributed by atoms with Crippen molar-refractivity contribution in [3.63, 3.8) is 0 Å². The van der Waals surface area contributed by atoms with Crippen molar-refractivity contribution in [3.8, 4) is 0 Å². The molecule has 3 rings (SSSR count). The number of hydrogen-bond donors (Lipinski definition) is 3. The van der Waals surface area contributed by atoms with Gasteiger partial charge in [-0.25, -0.2) is 10.9 Å². The minimum absolute atomic E-state index is 0.0522. The molecule has 0 bridgehead atoms. The van der Waals surface area contributed by atoms with Crippen LogP contribution in [-0.2, 0) is 4.79 Å². The fourth-order valence-corrected chi connectivity index (χ4v) is 2.94. The van der Waals surface area contributed by atoms with Gasteiger partial charge in [0, 0.05) is 21.8 Å². The van der Waals surface area contributed by atoms with Crippen molar-refractivity contribution >= 4 is 34.8 Å². The summed E-state index contributed by atoms with van der Waals surface area (Å²) in [5, 5.41) is 4.28. The highest BCUT2D eigenvalue weighted by molar-refractivity contribution is 6.31. The third-order valence-corrected chi connectivity index (χ3v) is 4.56. The average molecular weight is 350 g/mol. The summed E-state index contributed by atoms with van der Waals surface area (Å²) in [5.41, 5.74) is 8.91. The van der Waals surface area contributed by atoms with Gasteiger partial charge in [0.1, 0.15) is 6.04 Å². The molecule has 3 N–H and O–H groups in total. The summed E-state index contributed by atoms with van der Waals surface area (Å²) in [6.07, 6.45) is 0.652. The zero-order chi connectivity index (χ0) is 16.4. The van der Waals surface area contributed by atoms with E-state index in [2.05, 4.69) is 16.2 Å². The van der Waals surface area contributed by atoms with E-state index >= 15 is 0 Å². The molecule has 0 aromatic heterocycles. The Morgan fingerprint density at radius 3 is 2.74 bits per heavy atom. The lowest BCUT2D eigenvalue weighted by atomic mass is 10.0. The molecule has 0 saturated carbocycles. The Morgan fingerprint density at radius 1 is 1.17 bits per heavy atom. The van der Waals surface area contributed by atoms with Gasteiger partial charge in [-0.3, -0.25) is 4.79 Å². The second-order valence-corrected chi connectivity index (χ2v) is 6.48. The van der Waals surface area contributed by atoms with E-state index in [-0.39, 0.29) is 18.0 Å². The van der Waals surface area contributed by atoms with E-state index in [9.17, 15) is 4.79 Å². The SMILES string of the molecule is Cc1cc(NC(=O)C2CC(c3cccc(Cl)c3)NN2)ccc1Cl. The highest BCUT2D eigenvalue weighted by atomic mass is 35.5. The molecule has 1 saturated heterocycles. The molecule has 0 spiro atoms. The van der Waals surface area contributed by atoms with E-state index < -0.39 is 0 Å². The highest BCUT2D eigenvalue weighted by Gasteiger charge is 2.30. The minimum Gasteiger partial charge on any atom is -0.325 e. The van der Waals surface area contributed by atoms with E-state index in [1.165, 1.54) is 0 Å². The molecule has 2 aromatic rings. The first-order chi connectivity index (χ1) is 11.0. The van der Waals surface area contributed by atoms with Crippen LogP contribution in [-0.4, -0.2) is 11.9 Å². The van der Waals surface area contributed by atoms with Gasteiger partial charge in [-0.15, -0.1) is 0 Å². The molecule has 1 amide bonds. The zero-order valence-electron chi connectivity index (χ0n) is 12.6. The van der Waals surface area contributed by atoms with E-state index in [4.69, 9.17) is 23.2 Å². The number of nitrogens with one attached hydrogen (secondary N) is 3. The lowest BCUT2D eigenvalue weighted by molar-refractivity contribution is -0.117. The summed E-state index contributed by atoms with van der Waals surface area (Å²) in [4.78, 5) is 12.4. The summed E-state index contributed by atoms with van der Waals surface area (Å²) in [7, 11) is 0. The number of carbonyl (C=O) groups is 1. The van der Waals surface area contributed by atoms with Crippen molar-refractivity contribution in [2.75, 3.05) is 5.32 Å². The smallest absolute Gasteiger partial charge is 0.242 e. The van der Waals surface area contributed by atoms with Crippen LogP contribution in [0.1, 0.15) is 23.6 Å². The Morgan fingerprint density at radius 2 is 2.00 bits per heavy atom. The van der Waals surface area contributed by atoms with Crippen LogP contribution in [0.4, 0.5) is 5.69 Å². The number of hydrogen-bond acceptors (Lipinski definition) is 3. The molecule has 0 aliphatic carbocycles. The Hall–Kier alpha value is -1.59. The second kappa shape index (κ2) is 6.89. The average Bonchev–Trinajstić information content (AvgIpc) is 3.01. The number of aryl methyl sites for hydroxylation is 1. The van der Waals surface area contributed by atoms with Crippen LogP contribution in [0.25, 0.3) is 0 Å². The second-order valence-electron chi connectivity index (χ2n) is 5.64. The Balaban J connectivity index is 1.64. The molecule has 120 valence electrons. The highest BCUT2D eigenvalue weighted by Crippen LogP contribution is 2.25. The van der Waals surface area contributed by atoms with Crippen molar-refractivity contribution in [1.29, 1.82) is 0 Å². The van der Waals surface area contributed by atoms with Crippen molar-refractivity contribution in [2.24, 2.45) is 0 Å². The molecule has 1 aliphatic heterocycles. The predicted octanol–water partition coefficient (Wildman–Crippen LogP) is 3.85. The first kappa shape index (κ1) is 16.3. The molecule has 23 heavy (non-hydrogen) atoms. The number of anilines is 1. The Labute approximate surface area is 145 Å². The molecule has 6 heteroatoms. The lowest BCUT2D eigenvalue weighted by Crippen LogP contribution is -2.39. The number of halogens is 2. The first-order valence-corrected chi connectivity index (χ1v) is 8.12. The van der Waals surface area contributed by atoms with Crippen molar-refractivity contribution in [2.45, 2.75) is 25.4 Å². The molecule has 1 fully saturated rings. The Kier molecular flexibility index (Phi) is 4.87. The van der Waals surface area contributed by atoms with E-state index in [0.717, 1.165) is 16.8 Å². The number of rotatable bonds is 3. The van der Waals surface area contributed by atoms with Gasteiger partial charge < -0.3 is 5.32 Å². The van der Waals surface area contributed by atoms with Crippen LogP contribution in [0, 0.1) is 6.92 Å². The summed E-state index contributed by atoms with van der Waals surface area (Å²) >= 11 is 12.0. The number of carbonyl (C=O) groups excluding carboxylic acids is 1. The molecule has 4 nitrogen and oxygen atoms in total. The van der Waals surface area contributed by atoms with Crippen molar-refractivity contribution in [1.82, 2.24) is 10.9 Å². The maximum atomic E-state index is 12.4. The predicted molar refractivity (Wildman–Crippen MR) is 93.7 cm³/mol. The largest absolute Gasteiger partial charge is 0.325 e. The molecule has 2 aromatic carbocycles. The van der Waals surface area contributed by atoms with Gasteiger partial charge in [0.25, 0.3) is 0 Å². The van der Waals surface area contributed by atoms with Crippen LogP contribution in [0.2, 0.25) is 10.0 Å². The zero-order valence-corrected chi connectivity index (χ0v) is 14.1. The summed E-state index contributed by atoms with van der Waals surface area (Å²) in [6, 6.07) is 12.8. The van der Waals surface area contributed by atoms with Crippen LogP contribution in [0.15, 0.2) is 42.5 Å². The van der Waals surface area contributed by atoms with Crippen LogP contribution >= 0.6 is 23.2 Å². The third-order valence-electron chi connectivity index (χ3n) is 3.90. The maximum Gasteiger partial charge on any atom is 0.242 e. The molecule has 2 unspecified atom stereocenters. The fourth-order valence-electron chi connectivity index (χ4n) is 2.62. The number of hydrazine groups is 1. The summed E-state index contributed by atoms with van der Waals surface area (Å²) in [5.74, 6) is -0.0799. The van der Waals surface area contributed by atoms with Crippen LogP contribution in [0.3, 0.4) is 0 Å². The third kappa shape index (κ3) is 3.85. The first-order valence-electron chi connectivity index (χ1n) is 7.36. The van der Waals surface area contributed by atoms with Crippen LogP contribution < -0.4 is 16.2 Å². The molecular formula is C17H17Cl2N3O. The van der Waals surface area contributed by atoms with Gasteiger partial charge >= 0.3 is 0 Å². The quantitative estimate of drug-likeness (QED) is 0.788. The van der Waals surface area contributed by atoms with Gasteiger partial charge in [0.05, 0.1) is 0 Å². The van der Waals surface area contributed by atoms with Gasteiger partial charge in [-0.05, 0) is 54.8 Å². The van der Waals surface area contributed by atoms with E-state index in [1.54, 1.807) is 12.1 Å². The van der Waals surface area contributed by atoms with E-state index in [1.807, 2.05) is 37.3 Å². The van der Waals surface area contributed by atoms with Gasteiger partial charge in [-0.1, -0.05) is 35.3 Å². The monoisotopic (exact) mass is 349 g/mol. The summed E-state index contributed by atoms with van der Waals surface area (Å²) < 4.78 is 0. The Bertz CT molecular complexity index is 736. The topological polar surface area (TPSA) is 53.2 Å². The molecule has 0 radical (unpaired) electrons. The normalized spacial score (nSPS) is 20.5. The van der Waals surface area contributed by atoms with Crippen LogP contribution in [0.5, 0.6) is 0 Å². The molecule has 1 heterocycles. The minimum atomic E-state index is -0.310. The molecule has 2 atom stereocenters. The van der Waals surface area contributed by atoms with Crippen molar-refractivity contribution < 1.29 is 4.79 Å². The van der Waals surface area contributed by atoms with E-state index in [0.29, 0.717) is 16.5 Å². The molecule has 1 aliphatic rings. The van der Waals surface area contributed by atoms with Gasteiger partial charge in [0.2, 0.25) is 5.91 Å². The maximum absolute atomic E-state index is 12.4. The molecular weight excluding hydrogens is 333 g/mol. The standard InChI is InChI=1S/C17H17Cl2N3O/c1-10-7-13(5-6-14(10)19)20-17(23)16-9-15(21-22-16)11-3-2-4-12(18)8-11/h2-8,15-16,21-22H,9H2,1H3,(H,20,23). The number of amides is 1. The number of benzene rings is 2. The summed E-state index contributed by atoms with van der Waals surface area (Å²) in [6.45, 7) is 1.91. The van der Waals surface area contributed by atoms with Gasteiger partial charge in [0.15, 0.2) is 0 Å². The van der Waals surface area contributed by atoms with Gasteiger partial charge in [-0.2, -0.15) is 0 Å². The van der Waals surface area contributed by atoms with Crippen molar-refractivity contribution in [3.05, 3.63) is 63.6 Å².